The minimum absolute atomic E-state index is 0.847. The molecule has 4 nitrogen and oxygen atoms in total. The first kappa shape index (κ1) is 14.3. The third-order valence-electron chi connectivity index (χ3n) is 2.75. The van der Waals surface area contributed by atoms with Crippen molar-refractivity contribution < 1.29 is 0 Å². The van der Waals surface area contributed by atoms with Crippen LogP contribution >= 0.6 is 27.7 Å². The Balaban J connectivity index is 2.44. The van der Waals surface area contributed by atoms with E-state index in [9.17, 15) is 0 Å². The SMILES string of the molecule is CSc1nc(Br)c(/C=C(/C)c2cncc(C)n2)n1C. The van der Waals surface area contributed by atoms with E-state index in [4.69, 9.17) is 0 Å². The van der Waals surface area contributed by atoms with Crippen LogP contribution in [0.2, 0.25) is 0 Å². The molecule has 0 radical (unpaired) electrons. The number of allylic oxidation sites excluding steroid dienone is 1. The summed E-state index contributed by atoms with van der Waals surface area (Å²) in [4.78, 5) is 13.1. The predicted molar refractivity (Wildman–Crippen MR) is 83.0 cm³/mol. The highest BCUT2D eigenvalue weighted by Crippen LogP contribution is 2.26. The highest BCUT2D eigenvalue weighted by molar-refractivity contribution is 9.10. The zero-order valence-corrected chi connectivity index (χ0v) is 13.7. The first-order chi connectivity index (χ1) is 9.02. The molecule has 100 valence electrons. The van der Waals surface area contributed by atoms with Crippen LogP contribution in [0.1, 0.15) is 24.0 Å². The average molecular weight is 339 g/mol. The van der Waals surface area contributed by atoms with Gasteiger partial charge in [0.05, 0.1) is 23.3 Å². The molecule has 0 saturated carbocycles. The third kappa shape index (κ3) is 3.06. The van der Waals surface area contributed by atoms with E-state index < -0.39 is 0 Å². The Hall–Kier alpha value is -1.14. The van der Waals surface area contributed by atoms with Crippen molar-refractivity contribution in [2.24, 2.45) is 7.05 Å². The van der Waals surface area contributed by atoms with Crippen LogP contribution in [0, 0.1) is 6.92 Å². The Kier molecular flexibility index (Phi) is 4.42. The van der Waals surface area contributed by atoms with Crippen LogP contribution in [0.5, 0.6) is 0 Å². The smallest absolute Gasteiger partial charge is 0.169 e. The van der Waals surface area contributed by atoms with E-state index in [1.807, 2.05) is 27.2 Å². The summed E-state index contributed by atoms with van der Waals surface area (Å²) in [5, 5.41) is 0.973. The molecule has 0 aliphatic carbocycles. The number of aromatic nitrogens is 4. The number of rotatable bonds is 3. The Morgan fingerprint density at radius 2 is 2.11 bits per heavy atom. The van der Waals surface area contributed by atoms with Crippen LogP contribution in [-0.2, 0) is 7.05 Å². The van der Waals surface area contributed by atoms with Gasteiger partial charge in [0.1, 0.15) is 4.60 Å². The number of imidazole rings is 1. The normalized spacial score (nSPS) is 11.9. The quantitative estimate of drug-likeness (QED) is 0.802. The monoisotopic (exact) mass is 338 g/mol. The van der Waals surface area contributed by atoms with Gasteiger partial charge in [0.2, 0.25) is 0 Å². The first-order valence-corrected chi connectivity index (χ1v) is 7.78. The van der Waals surface area contributed by atoms with Gasteiger partial charge in [-0.1, -0.05) is 11.8 Å². The van der Waals surface area contributed by atoms with Crippen molar-refractivity contribution >= 4 is 39.3 Å². The fourth-order valence-electron chi connectivity index (χ4n) is 1.73. The molecule has 0 aliphatic heterocycles. The van der Waals surface area contributed by atoms with Crippen molar-refractivity contribution in [2.75, 3.05) is 6.26 Å². The highest BCUT2D eigenvalue weighted by atomic mass is 79.9. The molecule has 2 aromatic rings. The molecule has 0 atom stereocenters. The van der Waals surface area contributed by atoms with E-state index in [0.717, 1.165) is 32.4 Å². The molecule has 0 aliphatic rings. The molecule has 2 rings (SSSR count). The summed E-state index contributed by atoms with van der Waals surface area (Å²) in [6, 6.07) is 0. The predicted octanol–water partition coefficient (Wildman–Crippen LogP) is 3.56. The minimum atomic E-state index is 0.847. The van der Waals surface area contributed by atoms with Gasteiger partial charge in [-0.25, -0.2) is 4.98 Å². The molecule has 0 aromatic carbocycles. The number of hydrogen-bond acceptors (Lipinski definition) is 4. The van der Waals surface area contributed by atoms with E-state index >= 15 is 0 Å². The van der Waals surface area contributed by atoms with Gasteiger partial charge in [-0.05, 0) is 47.7 Å². The van der Waals surface area contributed by atoms with Gasteiger partial charge in [0.15, 0.2) is 5.16 Å². The fourth-order valence-corrected chi connectivity index (χ4v) is 2.95. The Labute approximate surface area is 125 Å². The zero-order valence-electron chi connectivity index (χ0n) is 11.3. The maximum atomic E-state index is 4.47. The van der Waals surface area contributed by atoms with Crippen LogP contribution in [0.3, 0.4) is 0 Å². The molecule has 2 aromatic heterocycles. The van der Waals surface area contributed by atoms with Crippen LogP contribution in [0.15, 0.2) is 22.2 Å². The van der Waals surface area contributed by atoms with Gasteiger partial charge in [-0.3, -0.25) is 9.97 Å². The highest BCUT2D eigenvalue weighted by Gasteiger charge is 2.11. The summed E-state index contributed by atoms with van der Waals surface area (Å²) < 4.78 is 2.90. The van der Waals surface area contributed by atoms with Crippen molar-refractivity contribution in [2.45, 2.75) is 19.0 Å². The lowest BCUT2D eigenvalue weighted by Gasteiger charge is -2.04. The van der Waals surface area contributed by atoms with Crippen molar-refractivity contribution in [3.63, 3.8) is 0 Å². The van der Waals surface area contributed by atoms with Gasteiger partial charge < -0.3 is 4.57 Å². The molecule has 0 spiro atoms. The van der Waals surface area contributed by atoms with Gasteiger partial charge in [0.25, 0.3) is 0 Å². The average Bonchev–Trinajstić information content (AvgIpc) is 2.66. The first-order valence-electron chi connectivity index (χ1n) is 5.76. The van der Waals surface area contributed by atoms with Crippen LogP contribution in [0.4, 0.5) is 0 Å². The molecule has 0 fully saturated rings. The Morgan fingerprint density at radius 1 is 1.37 bits per heavy atom. The summed E-state index contributed by atoms with van der Waals surface area (Å²) in [6.45, 7) is 3.97. The maximum Gasteiger partial charge on any atom is 0.169 e. The second-order valence-electron chi connectivity index (χ2n) is 4.21. The van der Waals surface area contributed by atoms with Crippen LogP contribution in [-0.4, -0.2) is 25.8 Å². The molecule has 0 saturated heterocycles. The van der Waals surface area contributed by atoms with Gasteiger partial charge in [-0.2, -0.15) is 0 Å². The lowest BCUT2D eigenvalue weighted by molar-refractivity contribution is 0.784. The van der Waals surface area contributed by atoms with Gasteiger partial charge in [-0.15, -0.1) is 0 Å². The number of halogens is 1. The number of aryl methyl sites for hydroxylation is 1. The fraction of sp³-hybridized carbons (Fsp3) is 0.308. The third-order valence-corrected chi connectivity index (χ3v) is 4.06. The zero-order chi connectivity index (χ0) is 14.0. The molecule has 19 heavy (non-hydrogen) atoms. The Bertz CT molecular complexity index is 634. The van der Waals surface area contributed by atoms with E-state index in [1.54, 1.807) is 24.2 Å². The standard InChI is InChI=1S/C13H15BrN4S/c1-8(10-7-15-6-9(2)16-10)5-11-12(14)17-13(19-4)18(11)3/h5-7H,1-4H3/b8-5-. The summed E-state index contributed by atoms with van der Waals surface area (Å²) in [6.07, 6.45) is 7.61. The van der Waals surface area contributed by atoms with Crippen molar-refractivity contribution in [3.05, 3.63) is 34.1 Å². The molecule has 2 heterocycles. The maximum absolute atomic E-state index is 4.47. The summed E-state index contributed by atoms with van der Waals surface area (Å²) >= 11 is 5.12. The van der Waals surface area contributed by atoms with E-state index in [0.29, 0.717) is 0 Å². The molecular weight excluding hydrogens is 324 g/mol. The molecule has 0 bridgehead atoms. The molecule has 0 N–H and O–H groups in total. The second kappa shape index (κ2) is 5.88. The minimum Gasteiger partial charge on any atom is -0.322 e. The summed E-state index contributed by atoms with van der Waals surface area (Å²) in [7, 11) is 2.00. The lowest BCUT2D eigenvalue weighted by Crippen LogP contribution is -1.95. The van der Waals surface area contributed by atoms with E-state index in [-0.39, 0.29) is 0 Å². The molecule has 6 heteroatoms. The number of thioether (sulfide) groups is 1. The van der Waals surface area contributed by atoms with E-state index in [2.05, 4.69) is 41.5 Å². The van der Waals surface area contributed by atoms with Crippen molar-refractivity contribution in [1.82, 2.24) is 19.5 Å². The van der Waals surface area contributed by atoms with E-state index in [1.165, 1.54) is 0 Å². The van der Waals surface area contributed by atoms with Gasteiger partial charge in [0, 0.05) is 13.2 Å². The van der Waals surface area contributed by atoms with Crippen molar-refractivity contribution in [3.8, 4) is 0 Å². The second-order valence-corrected chi connectivity index (χ2v) is 5.73. The van der Waals surface area contributed by atoms with Gasteiger partial charge >= 0.3 is 0 Å². The summed E-state index contributed by atoms with van der Waals surface area (Å²) in [5.74, 6) is 0. The number of hydrogen-bond donors (Lipinski definition) is 0. The van der Waals surface area contributed by atoms with Crippen LogP contribution in [0.25, 0.3) is 11.6 Å². The topological polar surface area (TPSA) is 43.6 Å². The van der Waals surface area contributed by atoms with Crippen molar-refractivity contribution in [1.29, 1.82) is 0 Å². The summed E-state index contributed by atoms with van der Waals surface area (Å²) in [5.41, 5.74) is 3.90. The molecule has 0 amide bonds. The lowest BCUT2D eigenvalue weighted by atomic mass is 10.2. The molecular formula is C13H15BrN4S. The number of nitrogens with zero attached hydrogens (tertiary/aromatic N) is 4. The largest absolute Gasteiger partial charge is 0.322 e. The molecule has 0 unspecified atom stereocenters. The van der Waals surface area contributed by atoms with Crippen LogP contribution < -0.4 is 0 Å². The Morgan fingerprint density at radius 3 is 2.68 bits per heavy atom.